The molecular weight excluding hydrogens is 332 g/mol. The number of benzene rings is 2. The number of fused-ring (bicyclic) bond motifs is 2. The van der Waals surface area contributed by atoms with Crippen LogP contribution in [0.5, 0.6) is 0 Å². The number of carbonyl (C=O) groups is 1. The standard InChI is InChI=1S/C24H22N2O/c1-4-15-9-5-8-12-19(15)26-20-14-24(2,3)13-18-22(20)21(23(26)27)16-10-6-7-11-17(16)25-18/h5-12,14H,4,13H2,1-3H3. The molecule has 0 saturated heterocycles. The van der Waals surface area contributed by atoms with Crippen LogP contribution in [-0.2, 0) is 12.8 Å². The molecule has 1 aliphatic carbocycles. The predicted octanol–water partition coefficient (Wildman–Crippen LogP) is 5.38. The molecule has 2 aromatic carbocycles. The Hall–Kier alpha value is -2.94. The van der Waals surface area contributed by atoms with Crippen molar-refractivity contribution in [2.24, 2.45) is 5.41 Å². The summed E-state index contributed by atoms with van der Waals surface area (Å²) in [7, 11) is 0. The Kier molecular flexibility index (Phi) is 3.33. The number of aryl methyl sites for hydroxylation is 1. The number of rotatable bonds is 2. The molecule has 0 saturated carbocycles. The summed E-state index contributed by atoms with van der Waals surface area (Å²) in [5.41, 5.74) is 6.91. The first-order valence-corrected chi connectivity index (χ1v) is 9.57. The van der Waals surface area contributed by atoms with Crippen molar-refractivity contribution in [2.45, 2.75) is 33.6 Å². The first-order chi connectivity index (χ1) is 13.0. The van der Waals surface area contributed by atoms with Gasteiger partial charge in [-0.1, -0.05) is 63.2 Å². The summed E-state index contributed by atoms with van der Waals surface area (Å²) in [6.07, 6.45) is 3.99. The Bertz CT molecular complexity index is 1140. The molecule has 3 heteroatoms. The van der Waals surface area contributed by atoms with E-state index in [0.29, 0.717) is 0 Å². The van der Waals surface area contributed by atoms with E-state index >= 15 is 0 Å². The zero-order valence-electron chi connectivity index (χ0n) is 15.9. The van der Waals surface area contributed by atoms with E-state index in [1.54, 1.807) is 0 Å². The summed E-state index contributed by atoms with van der Waals surface area (Å²) >= 11 is 0. The zero-order chi connectivity index (χ0) is 18.8. The number of hydrogen-bond donors (Lipinski definition) is 0. The topological polar surface area (TPSA) is 33.2 Å². The number of amides is 1. The van der Waals surface area contributed by atoms with Crippen LogP contribution in [-0.4, -0.2) is 10.9 Å². The normalized spacial score (nSPS) is 17.2. The van der Waals surface area contributed by atoms with Crippen molar-refractivity contribution in [1.82, 2.24) is 4.98 Å². The molecule has 5 rings (SSSR count). The number of nitrogens with zero attached hydrogens (tertiary/aromatic N) is 2. The maximum Gasteiger partial charge on any atom is 0.264 e. The summed E-state index contributed by atoms with van der Waals surface area (Å²) in [6, 6.07) is 16.2. The predicted molar refractivity (Wildman–Crippen MR) is 110 cm³/mol. The number of carbonyl (C=O) groups excluding carboxylic acids is 1. The van der Waals surface area contributed by atoms with Crippen molar-refractivity contribution in [3.8, 4) is 0 Å². The summed E-state index contributed by atoms with van der Waals surface area (Å²) in [6.45, 7) is 6.56. The minimum atomic E-state index is -0.0426. The second-order valence-electron chi connectivity index (χ2n) is 8.14. The van der Waals surface area contributed by atoms with Gasteiger partial charge < -0.3 is 0 Å². The maximum atomic E-state index is 13.7. The van der Waals surface area contributed by atoms with Gasteiger partial charge in [0.15, 0.2) is 0 Å². The molecule has 0 unspecified atom stereocenters. The molecule has 0 bridgehead atoms. The minimum absolute atomic E-state index is 0.0426. The lowest BCUT2D eigenvalue weighted by molar-refractivity contribution is 0.101. The molecule has 0 spiro atoms. The van der Waals surface area contributed by atoms with E-state index in [-0.39, 0.29) is 11.3 Å². The summed E-state index contributed by atoms with van der Waals surface area (Å²) in [5, 5.41) is 0.948. The van der Waals surface area contributed by atoms with Crippen LogP contribution in [0.25, 0.3) is 16.6 Å². The Morgan fingerprint density at radius 2 is 1.78 bits per heavy atom. The number of aromatic nitrogens is 1. The van der Waals surface area contributed by atoms with E-state index in [4.69, 9.17) is 4.98 Å². The lowest BCUT2D eigenvalue weighted by atomic mass is 9.79. The molecule has 0 radical (unpaired) electrons. The molecular formula is C24H22N2O. The van der Waals surface area contributed by atoms with Crippen LogP contribution in [0, 0.1) is 5.41 Å². The van der Waals surface area contributed by atoms with Gasteiger partial charge in [0.2, 0.25) is 0 Å². The SMILES string of the molecule is CCc1ccccc1N1C(=O)c2c3c(nc4ccccc24)CC(C)(C)C=C31. The van der Waals surface area contributed by atoms with Gasteiger partial charge >= 0.3 is 0 Å². The Morgan fingerprint density at radius 3 is 2.59 bits per heavy atom. The van der Waals surface area contributed by atoms with Crippen LogP contribution < -0.4 is 4.90 Å². The molecule has 1 aromatic heterocycles. The van der Waals surface area contributed by atoms with E-state index < -0.39 is 0 Å². The fourth-order valence-corrected chi connectivity index (χ4v) is 4.48. The molecule has 27 heavy (non-hydrogen) atoms. The van der Waals surface area contributed by atoms with Crippen LogP contribution >= 0.6 is 0 Å². The van der Waals surface area contributed by atoms with E-state index in [1.807, 2.05) is 41.3 Å². The van der Waals surface area contributed by atoms with Gasteiger partial charge in [0.05, 0.1) is 28.2 Å². The van der Waals surface area contributed by atoms with Gasteiger partial charge in [-0.05, 0) is 36.0 Å². The van der Waals surface area contributed by atoms with Crippen LogP contribution in [0.3, 0.4) is 0 Å². The first-order valence-electron chi connectivity index (χ1n) is 9.57. The second kappa shape index (κ2) is 5.53. The van der Waals surface area contributed by atoms with E-state index in [0.717, 1.165) is 51.9 Å². The molecule has 2 heterocycles. The number of allylic oxidation sites excluding steroid dienone is 1. The summed E-state index contributed by atoms with van der Waals surface area (Å²) < 4.78 is 0. The van der Waals surface area contributed by atoms with Gasteiger partial charge in [0, 0.05) is 10.9 Å². The van der Waals surface area contributed by atoms with Crippen LogP contribution in [0.15, 0.2) is 54.6 Å². The quantitative estimate of drug-likeness (QED) is 0.619. The number of pyridine rings is 1. The largest absolute Gasteiger partial charge is 0.276 e. The molecule has 2 aliphatic rings. The highest BCUT2D eigenvalue weighted by atomic mass is 16.2. The average Bonchev–Trinajstić information content (AvgIpc) is 2.93. The lowest BCUT2D eigenvalue weighted by Gasteiger charge is -2.30. The Balaban J connectivity index is 1.86. The highest BCUT2D eigenvalue weighted by Crippen LogP contribution is 2.47. The Labute approximate surface area is 159 Å². The van der Waals surface area contributed by atoms with E-state index in [2.05, 4.69) is 39.0 Å². The Morgan fingerprint density at radius 1 is 1.04 bits per heavy atom. The van der Waals surface area contributed by atoms with Gasteiger partial charge in [-0.15, -0.1) is 0 Å². The molecule has 134 valence electrons. The molecule has 3 aromatic rings. The highest BCUT2D eigenvalue weighted by Gasteiger charge is 2.42. The third-order valence-corrected chi connectivity index (χ3v) is 5.65. The third-order valence-electron chi connectivity index (χ3n) is 5.65. The molecule has 3 nitrogen and oxygen atoms in total. The molecule has 0 N–H and O–H groups in total. The van der Waals surface area contributed by atoms with Gasteiger partial charge in [-0.2, -0.15) is 0 Å². The van der Waals surface area contributed by atoms with Crippen molar-refractivity contribution in [3.05, 3.63) is 77.0 Å². The number of anilines is 1. The molecule has 1 aliphatic heterocycles. The first kappa shape index (κ1) is 16.2. The molecule has 0 fully saturated rings. The lowest BCUT2D eigenvalue weighted by Crippen LogP contribution is -2.26. The smallest absolute Gasteiger partial charge is 0.264 e. The van der Waals surface area contributed by atoms with Crippen LogP contribution in [0.1, 0.15) is 48.0 Å². The van der Waals surface area contributed by atoms with Crippen molar-refractivity contribution < 1.29 is 4.79 Å². The molecule has 1 amide bonds. The number of hydrogen-bond acceptors (Lipinski definition) is 2. The minimum Gasteiger partial charge on any atom is -0.276 e. The average molecular weight is 354 g/mol. The molecule has 0 atom stereocenters. The van der Waals surface area contributed by atoms with Gasteiger partial charge in [-0.3, -0.25) is 14.7 Å². The van der Waals surface area contributed by atoms with Crippen LogP contribution in [0.2, 0.25) is 0 Å². The van der Waals surface area contributed by atoms with E-state index in [1.165, 1.54) is 5.56 Å². The summed E-state index contributed by atoms with van der Waals surface area (Å²) in [5.74, 6) is 0.0645. The fourth-order valence-electron chi connectivity index (χ4n) is 4.48. The maximum absolute atomic E-state index is 13.7. The van der Waals surface area contributed by atoms with Crippen molar-refractivity contribution in [1.29, 1.82) is 0 Å². The highest BCUT2D eigenvalue weighted by molar-refractivity contribution is 6.27. The number of para-hydroxylation sites is 2. The second-order valence-corrected chi connectivity index (χ2v) is 8.14. The van der Waals surface area contributed by atoms with Crippen molar-refractivity contribution in [3.63, 3.8) is 0 Å². The summed E-state index contributed by atoms with van der Waals surface area (Å²) in [4.78, 5) is 20.6. The van der Waals surface area contributed by atoms with Gasteiger partial charge in [0.1, 0.15) is 0 Å². The van der Waals surface area contributed by atoms with Crippen molar-refractivity contribution >= 4 is 28.2 Å². The van der Waals surface area contributed by atoms with Gasteiger partial charge in [-0.25, -0.2) is 0 Å². The zero-order valence-corrected chi connectivity index (χ0v) is 15.9. The van der Waals surface area contributed by atoms with E-state index in [9.17, 15) is 4.79 Å². The fraction of sp³-hybridized carbons (Fsp3) is 0.250. The van der Waals surface area contributed by atoms with Crippen LogP contribution in [0.4, 0.5) is 5.69 Å². The van der Waals surface area contributed by atoms with Crippen molar-refractivity contribution in [2.75, 3.05) is 4.90 Å². The third kappa shape index (κ3) is 2.27. The van der Waals surface area contributed by atoms with Gasteiger partial charge in [0.25, 0.3) is 5.91 Å². The monoisotopic (exact) mass is 354 g/mol.